The predicted molar refractivity (Wildman–Crippen MR) is 102 cm³/mol. The molecule has 8 nitrogen and oxygen atoms in total. The molecule has 1 unspecified atom stereocenters. The average molecular weight is 443 g/mol. The van der Waals surface area contributed by atoms with Crippen LogP contribution in [0.5, 0.6) is 0 Å². The minimum Gasteiger partial charge on any atom is -0.475 e. The molecule has 0 saturated carbocycles. The number of hydrogen-bond donors (Lipinski definition) is 1. The zero-order valence-electron chi connectivity index (χ0n) is 17.0. The molecule has 2 saturated heterocycles. The van der Waals surface area contributed by atoms with Crippen LogP contribution in [0.25, 0.3) is 0 Å². The fraction of sp³-hybridized carbons (Fsp3) is 0.824. The number of nitrogens with zero attached hydrogens (tertiary/aromatic N) is 3. The molecule has 12 heteroatoms. The van der Waals surface area contributed by atoms with Gasteiger partial charge < -0.3 is 24.5 Å². The number of carbonyl (C=O) groups is 3. The highest BCUT2D eigenvalue weighted by molar-refractivity contribution is 8.01. The van der Waals surface area contributed by atoms with E-state index in [0.29, 0.717) is 6.42 Å². The highest BCUT2D eigenvalue weighted by Crippen LogP contribution is 2.46. The van der Waals surface area contributed by atoms with E-state index in [4.69, 9.17) is 14.6 Å². The molecule has 29 heavy (non-hydrogen) atoms. The molecule has 0 aromatic carbocycles. The van der Waals surface area contributed by atoms with E-state index in [1.807, 2.05) is 35.7 Å². The molecule has 0 aromatic rings. The molecule has 0 radical (unpaired) electrons. The molecule has 2 rings (SSSR count). The van der Waals surface area contributed by atoms with E-state index in [1.165, 1.54) is 0 Å². The first-order valence-corrected chi connectivity index (χ1v) is 9.92. The molecule has 168 valence electrons. The molecule has 2 amide bonds. The minimum absolute atomic E-state index is 0.0000455. The van der Waals surface area contributed by atoms with Crippen LogP contribution >= 0.6 is 11.8 Å². The van der Waals surface area contributed by atoms with Crippen LogP contribution in [0.3, 0.4) is 0 Å². The topological polar surface area (TPSA) is 90.4 Å². The largest absolute Gasteiger partial charge is 0.490 e. The van der Waals surface area contributed by atoms with Gasteiger partial charge in [0.2, 0.25) is 11.8 Å². The second-order valence-corrected chi connectivity index (χ2v) is 9.01. The number of hydrogen-bond acceptors (Lipinski definition) is 6. The second kappa shape index (κ2) is 10.5. The van der Waals surface area contributed by atoms with E-state index in [0.717, 1.165) is 31.8 Å². The predicted octanol–water partition coefficient (Wildman–Crippen LogP) is 0.763. The molecule has 1 atom stereocenters. The van der Waals surface area contributed by atoms with Crippen LogP contribution in [0.15, 0.2) is 0 Å². The molecule has 2 aliphatic rings. The third-order valence-electron chi connectivity index (χ3n) is 4.44. The normalized spacial score (nSPS) is 20.1. The molecular formula is C17H28F3N3O5S. The smallest absolute Gasteiger partial charge is 0.475 e. The summed E-state index contributed by atoms with van der Waals surface area (Å²) in [7, 11) is 7.43. The number of rotatable bonds is 6. The van der Waals surface area contributed by atoms with Crippen molar-refractivity contribution in [2.75, 3.05) is 60.2 Å². The number of aliphatic carboxylic acids is 1. The lowest BCUT2D eigenvalue weighted by Gasteiger charge is -2.47. The summed E-state index contributed by atoms with van der Waals surface area (Å²) in [6.07, 6.45) is -3.42. The summed E-state index contributed by atoms with van der Waals surface area (Å²) >= 11 is 1.89. The SMILES string of the molecule is CN(C)CCC(=O)N1CC2(CC(OCC(=O)N(C)C)CS2)C1.O=C(O)C(F)(F)F. The number of likely N-dealkylation sites (tertiary alicyclic amines) is 1. The minimum atomic E-state index is -5.08. The van der Waals surface area contributed by atoms with Gasteiger partial charge in [-0.1, -0.05) is 0 Å². The Balaban J connectivity index is 0.000000516. The summed E-state index contributed by atoms with van der Waals surface area (Å²) in [4.78, 5) is 38.0. The quantitative estimate of drug-likeness (QED) is 0.648. The lowest BCUT2D eigenvalue weighted by Crippen LogP contribution is -2.61. The highest BCUT2D eigenvalue weighted by Gasteiger charge is 2.50. The van der Waals surface area contributed by atoms with Crippen molar-refractivity contribution < 1.29 is 37.4 Å². The number of halogens is 3. The number of amides is 2. The molecule has 2 aliphatic heterocycles. The lowest BCUT2D eigenvalue weighted by molar-refractivity contribution is -0.192. The number of carboxylic acids is 1. The van der Waals surface area contributed by atoms with Gasteiger partial charge in [0, 0.05) is 45.9 Å². The van der Waals surface area contributed by atoms with E-state index < -0.39 is 12.1 Å². The average Bonchev–Trinajstić information content (AvgIpc) is 3.00. The van der Waals surface area contributed by atoms with E-state index in [-0.39, 0.29) is 29.3 Å². The monoisotopic (exact) mass is 443 g/mol. The number of thioether (sulfide) groups is 1. The van der Waals surface area contributed by atoms with Crippen LogP contribution in [0.1, 0.15) is 12.8 Å². The zero-order valence-corrected chi connectivity index (χ0v) is 17.8. The van der Waals surface area contributed by atoms with Crippen molar-refractivity contribution in [3.8, 4) is 0 Å². The van der Waals surface area contributed by atoms with Gasteiger partial charge in [-0.15, -0.1) is 11.8 Å². The lowest BCUT2D eigenvalue weighted by atomic mass is 9.92. The summed E-state index contributed by atoms with van der Waals surface area (Å²) in [5.41, 5.74) is 0. The van der Waals surface area contributed by atoms with Gasteiger partial charge in [-0.2, -0.15) is 13.2 Å². The third kappa shape index (κ3) is 8.39. The maximum atomic E-state index is 12.0. The van der Waals surface area contributed by atoms with Crippen molar-refractivity contribution in [2.45, 2.75) is 29.9 Å². The van der Waals surface area contributed by atoms with Crippen LogP contribution in [0, 0.1) is 0 Å². The first-order chi connectivity index (χ1) is 13.3. The summed E-state index contributed by atoms with van der Waals surface area (Å²) in [6.45, 7) is 2.60. The van der Waals surface area contributed by atoms with Crippen molar-refractivity contribution in [3.05, 3.63) is 0 Å². The number of carbonyl (C=O) groups excluding carboxylic acids is 2. The molecule has 0 bridgehead atoms. The Hall–Kier alpha value is -1.53. The molecular weight excluding hydrogens is 415 g/mol. The highest BCUT2D eigenvalue weighted by atomic mass is 32.2. The Morgan fingerprint density at radius 3 is 2.21 bits per heavy atom. The van der Waals surface area contributed by atoms with E-state index in [2.05, 4.69) is 0 Å². The molecule has 1 N–H and O–H groups in total. The molecule has 0 aromatic heterocycles. The maximum absolute atomic E-state index is 12.0. The fourth-order valence-corrected chi connectivity index (χ4v) is 4.30. The standard InChI is InChI=1S/C15H27N3O3S.C2HF3O2/c1-16(2)6-5-13(19)18-10-15(11-18)7-12(9-22-15)21-8-14(20)17(3)4;3-2(4,5)1(6)7/h12H,5-11H2,1-4H3;(H,6,7). The van der Waals surface area contributed by atoms with Crippen molar-refractivity contribution in [1.82, 2.24) is 14.7 Å². The maximum Gasteiger partial charge on any atom is 0.490 e. The molecule has 2 heterocycles. The Kier molecular flexibility index (Phi) is 9.22. The summed E-state index contributed by atoms with van der Waals surface area (Å²) in [5, 5.41) is 7.12. The van der Waals surface area contributed by atoms with Crippen LogP contribution < -0.4 is 0 Å². The number of carboxylic acid groups (broad SMARTS) is 1. The first kappa shape index (κ1) is 25.5. The summed E-state index contributed by atoms with van der Waals surface area (Å²) < 4.78 is 37.6. The van der Waals surface area contributed by atoms with E-state index in [9.17, 15) is 22.8 Å². The zero-order chi connectivity index (χ0) is 22.4. The fourth-order valence-electron chi connectivity index (χ4n) is 2.75. The van der Waals surface area contributed by atoms with Gasteiger partial charge in [0.1, 0.15) is 6.61 Å². The third-order valence-corrected chi connectivity index (χ3v) is 6.02. The van der Waals surface area contributed by atoms with Crippen LogP contribution in [0.2, 0.25) is 0 Å². The number of ether oxygens (including phenoxy) is 1. The van der Waals surface area contributed by atoms with Gasteiger partial charge in [0.25, 0.3) is 0 Å². The Morgan fingerprint density at radius 1 is 1.21 bits per heavy atom. The first-order valence-electron chi connectivity index (χ1n) is 8.94. The Bertz CT molecular complexity index is 595. The van der Waals surface area contributed by atoms with Gasteiger partial charge >= 0.3 is 12.1 Å². The summed E-state index contributed by atoms with van der Waals surface area (Å²) in [5.74, 6) is -1.60. The summed E-state index contributed by atoms with van der Waals surface area (Å²) in [6, 6.07) is 0. The van der Waals surface area contributed by atoms with Gasteiger partial charge in [0.05, 0.1) is 10.9 Å². The van der Waals surface area contributed by atoms with Gasteiger partial charge in [0.15, 0.2) is 0 Å². The van der Waals surface area contributed by atoms with Crippen molar-refractivity contribution in [3.63, 3.8) is 0 Å². The van der Waals surface area contributed by atoms with Crippen molar-refractivity contribution in [2.24, 2.45) is 0 Å². The van der Waals surface area contributed by atoms with Crippen LogP contribution in [0.4, 0.5) is 13.2 Å². The van der Waals surface area contributed by atoms with Gasteiger partial charge in [-0.05, 0) is 20.5 Å². The molecule has 2 fully saturated rings. The van der Waals surface area contributed by atoms with Crippen molar-refractivity contribution in [1.29, 1.82) is 0 Å². The molecule has 0 aliphatic carbocycles. The van der Waals surface area contributed by atoms with Crippen LogP contribution in [-0.4, -0.2) is 115 Å². The van der Waals surface area contributed by atoms with E-state index >= 15 is 0 Å². The second-order valence-electron chi connectivity index (χ2n) is 7.53. The molecule has 1 spiro atoms. The Morgan fingerprint density at radius 2 is 1.76 bits per heavy atom. The Labute approximate surface area is 172 Å². The van der Waals surface area contributed by atoms with Gasteiger partial charge in [-0.3, -0.25) is 9.59 Å². The number of alkyl halides is 3. The van der Waals surface area contributed by atoms with Crippen LogP contribution in [-0.2, 0) is 19.1 Å². The number of likely N-dealkylation sites (N-methyl/N-ethyl adjacent to an activating group) is 1. The van der Waals surface area contributed by atoms with E-state index in [1.54, 1.807) is 19.0 Å². The van der Waals surface area contributed by atoms with Gasteiger partial charge in [-0.25, -0.2) is 4.79 Å². The van der Waals surface area contributed by atoms with Crippen molar-refractivity contribution >= 4 is 29.5 Å².